The van der Waals surface area contributed by atoms with Gasteiger partial charge in [-0.25, -0.2) is 4.98 Å². The third-order valence-electron chi connectivity index (χ3n) is 5.45. The lowest BCUT2D eigenvalue weighted by Crippen LogP contribution is -2.02. The van der Waals surface area contributed by atoms with Gasteiger partial charge >= 0.3 is 0 Å². The molecule has 5 rings (SSSR count). The first-order chi connectivity index (χ1) is 15.3. The van der Waals surface area contributed by atoms with E-state index in [1.807, 2.05) is 30.3 Å². The Balaban J connectivity index is 1.47. The fourth-order valence-corrected chi connectivity index (χ4v) is 3.82. The van der Waals surface area contributed by atoms with Crippen LogP contribution >= 0.6 is 0 Å². The highest BCUT2D eigenvalue weighted by Gasteiger charge is 2.13. The highest BCUT2D eigenvalue weighted by molar-refractivity contribution is 5.81. The van der Waals surface area contributed by atoms with E-state index in [1.165, 1.54) is 11.1 Å². The first kappa shape index (κ1) is 19.1. The zero-order valence-corrected chi connectivity index (χ0v) is 17.5. The molecule has 3 heteroatoms. The fourth-order valence-electron chi connectivity index (χ4n) is 3.82. The van der Waals surface area contributed by atoms with Gasteiger partial charge in [-0.1, -0.05) is 66.7 Å². The molecule has 0 aliphatic carbocycles. The molecule has 0 aliphatic heterocycles. The van der Waals surface area contributed by atoms with Crippen LogP contribution in [0.5, 0.6) is 5.75 Å². The predicted molar refractivity (Wildman–Crippen MR) is 126 cm³/mol. The highest BCUT2D eigenvalue weighted by atomic mass is 16.5. The largest absolute Gasteiger partial charge is 0.489 e. The van der Waals surface area contributed by atoms with Crippen LogP contribution in [0.15, 0.2) is 103 Å². The molecule has 0 amide bonds. The van der Waals surface area contributed by atoms with Crippen LogP contribution < -0.4 is 4.74 Å². The maximum absolute atomic E-state index is 5.96. The molecule has 0 saturated heterocycles. The van der Waals surface area contributed by atoms with Crippen molar-refractivity contribution in [2.24, 2.45) is 0 Å². The summed E-state index contributed by atoms with van der Waals surface area (Å²) in [6.07, 6.45) is 0. The summed E-state index contributed by atoms with van der Waals surface area (Å²) in [5.74, 6) is 1.83. The minimum absolute atomic E-state index is 0.561. The zero-order chi connectivity index (χ0) is 21.0. The van der Waals surface area contributed by atoms with E-state index in [2.05, 4.69) is 84.3 Å². The number of benzene rings is 4. The fraction of sp³-hybridized carbons (Fsp3) is 0.107. The molecule has 1 aromatic heterocycles. The molecule has 0 N–H and O–H groups in total. The van der Waals surface area contributed by atoms with E-state index >= 15 is 0 Å². The summed E-state index contributed by atoms with van der Waals surface area (Å²) in [4.78, 5) is 4.97. The third-order valence-corrected chi connectivity index (χ3v) is 5.45. The number of rotatable bonds is 6. The van der Waals surface area contributed by atoms with Crippen molar-refractivity contribution in [1.29, 1.82) is 0 Å². The maximum atomic E-state index is 5.96. The number of nitrogens with zero attached hydrogens (tertiary/aromatic N) is 2. The number of aromatic nitrogens is 2. The molecule has 0 bridgehead atoms. The maximum Gasteiger partial charge on any atom is 0.141 e. The molecule has 0 atom stereocenters. The van der Waals surface area contributed by atoms with Gasteiger partial charge in [0.2, 0.25) is 0 Å². The second-order valence-corrected chi connectivity index (χ2v) is 7.80. The lowest BCUT2D eigenvalue weighted by molar-refractivity contribution is 0.306. The summed E-state index contributed by atoms with van der Waals surface area (Å²) in [7, 11) is 0. The monoisotopic (exact) mass is 404 g/mol. The second-order valence-electron chi connectivity index (χ2n) is 7.80. The van der Waals surface area contributed by atoms with Gasteiger partial charge in [-0.3, -0.25) is 0 Å². The quantitative estimate of drug-likeness (QED) is 0.317. The highest BCUT2D eigenvalue weighted by Crippen LogP contribution is 2.28. The van der Waals surface area contributed by atoms with E-state index in [-0.39, 0.29) is 0 Å². The normalized spacial score (nSPS) is 11.0. The number of fused-ring (bicyclic) bond motifs is 1. The van der Waals surface area contributed by atoms with Gasteiger partial charge in [0, 0.05) is 12.1 Å². The van der Waals surface area contributed by atoms with Crippen LogP contribution in [-0.4, -0.2) is 9.55 Å². The zero-order valence-electron chi connectivity index (χ0n) is 17.5. The number of aryl methyl sites for hydroxylation is 1. The van der Waals surface area contributed by atoms with Crippen LogP contribution in [0.3, 0.4) is 0 Å². The van der Waals surface area contributed by atoms with Crippen LogP contribution in [0.2, 0.25) is 0 Å². The first-order valence-corrected chi connectivity index (χ1v) is 10.5. The van der Waals surface area contributed by atoms with Crippen molar-refractivity contribution in [2.75, 3.05) is 0 Å². The van der Waals surface area contributed by atoms with Crippen molar-refractivity contribution >= 4 is 11.0 Å². The molecule has 0 aliphatic rings. The van der Waals surface area contributed by atoms with Gasteiger partial charge in [-0.2, -0.15) is 0 Å². The van der Waals surface area contributed by atoms with E-state index in [0.29, 0.717) is 6.61 Å². The Morgan fingerprint density at radius 1 is 0.742 bits per heavy atom. The van der Waals surface area contributed by atoms with E-state index in [4.69, 9.17) is 9.72 Å². The summed E-state index contributed by atoms with van der Waals surface area (Å²) < 4.78 is 8.26. The summed E-state index contributed by atoms with van der Waals surface area (Å²) in [5, 5.41) is 0. The molecular weight excluding hydrogens is 380 g/mol. The standard InChI is InChI=1S/C28H24N2O/c1-21-12-17-26-27(18-21)30(19-22-8-4-2-5-9-22)28(29-26)24-13-15-25(16-14-24)31-20-23-10-6-3-7-11-23/h2-18H,19-20H2,1H3. The van der Waals surface area contributed by atoms with Gasteiger partial charge in [0.1, 0.15) is 18.2 Å². The van der Waals surface area contributed by atoms with E-state index in [1.54, 1.807) is 0 Å². The molecule has 0 unspecified atom stereocenters. The molecule has 0 spiro atoms. The molecule has 5 aromatic rings. The lowest BCUT2D eigenvalue weighted by atomic mass is 10.1. The van der Waals surface area contributed by atoms with Crippen molar-refractivity contribution in [3.05, 3.63) is 120 Å². The Morgan fingerprint density at radius 2 is 1.42 bits per heavy atom. The van der Waals surface area contributed by atoms with E-state index < -0.39 is 0 Å². The lowest BCUT2D eigenvalue weighted by Gasteiger charge is -2.11. The number of hydrogen-bond acceptors (Lipinski definition) is 2. The van der Waals surface area contributed by atoms with Crippen molar-refractivity contribution in [3.63, 3.8) is 0 Å². The predicted octanol–water partition coefficient (Wildman–Crippen LogP) is 6.64. The minimum Gasteiger partial charge on any atom is -0.489 e. The Hall–Kier alpha value is -3.85. The summed E-state index contributed by atoms with van der Waals surface area (Å²) in [6.45, 7) is 3.46. The number of ether oxygens (including phenoxy) is 1. The minimum atomic E-state index is 0.561. The molecule has 152 valence electrons. The average molecular weight is 405 g/mol. The molecule has 31 heavy (non-hydrogen) atoms. The van der Waals surface area contributed by atoms with Gasteiger partial charge in [0.05, 0.1) is 11.0 Å². The van der Waals surface area contributed by atoms with Crippen molar-refractivity contribution in [2.45, 2.75) is 20.1 Å². The Kier molecular flexibility index (Phi) is 5.24. The molecule has 1 heterocycles. The van der Waals surface area contributed by atoms with Gasteiger partial charge < -0.3 is 9.30 Å². The van der Waals surface area contributed by atoms with Gasteiger partial charge in [0.25, 0.3) is 0 Å². The Labute approximate surface area is 182 Å². The molecule has 3 nitrogen and oxygen atoms in total. The molecule has 0 saturated carbocycles. The summed E-state index contributed by atoms with van der Waals surface area (Å²) >= 11 is 0. The summed E-state index contributed by atoms with van der Waals surface area (Å²) in [5.41, 5.74) is 6.90. The third kappa shape index (κ3) is 4.22. The van der Waals surface area contributed by atoms with Crippen LogP contribution in [-0.2, 0) is 13.2 Å². The van der Waals surface area contributed by atoms with Gasteiger partial charge in [0.15, 0.2) is 0 Å². The van der Waals surface area contributed by atoms with Crippen molar-refractivity contribution < 1.29 is 4.74 Å². The molecule has 4 aromatic carbocycles. The number of imidazole rings is 1. The SMILES string of the molecule is Cc1ccc2nc(-c3ccc(OCc4ccccc4)cc3)n(Cc3ccccc3)c2c1. The molecular formula is C28H24N2O. The number of hydrogen-bond donors (Lipinski definition) is 0. The van der Waals surface area contributed by atoms with Crippen LogP contribution in [0.4, 0.5) is 0 Å². The first-order valence-electron chi connectivity index (χ1n) is 10.5. The topological polar surface area (TPSA) is 27.1 Å². The van der Waals surface area contributed by atoms with Crippen LogP contribution in [0, 0.1) is 6.92 Å². The molecule has 0 radical (unpaired) electrons. The average Bonchev–Trinajstić information content (AvgIpc) is 3.17. The Morgan fingerprint density at radius 3 is 2.13 bits per heavy atom. The van der Waals surface area contributed by atoms with Crippen LogP contribution in [0.1, 0.15) is 16.7 Å². The Bertz CT molecular complexity index is 1290. The van der Waals surface area contributed by atoms with E-state index in [9.17, 15) is 0 Å². The molecule has 0 fully saturated rings. The van der Waals surface area contributed by atoms with E-state index in [0.717, 1.165) is 40.3 Å². The smallest absolute Gasteiger partial charge is 0.141 e. The second kappa shape index (κ2) is 8.49. The van der Waals surface area contributed by atoms with Gasteiger partial charge in [-0.05, 0) is 60.0 Å². The summed E-state index contributed by atoms with van der Waals surface area (Å²) in [6, 6.07) is 35.4. The van der Waals surface area contributed by atoms with Crippen molar-refractivity contribution in [3.8, 4) is 17.1 Å². The van der Waals surface area contributed by atoms with Crippen LogP contribution in [0.25, 0.3) is 22.4 Å². The van der Waals surface area contributed by atoms with Crippen molar-refractivity contribution in [1.82, 2.24) is 9.55 Å². The van der Waals surface area contributed by atoms with Gasteiger partial charge in [-0.15, -0.1) is 0 Å².